The zero-order valence-corrected chi connectivity index (χ0v) is 14.5. The quantitative estimate of drug-likeness (QED) is 0.580. The molecule has 0 bridgehead atoms. The number of anilines is 1. The summed E-state index contributed by atoms with van der Waals surface area (Å²) in [5.74, 6) is 0.972. The van der Waals surface area contributed by atoms with Crippen LogP contribution in [0.15, 0.2) is 60.7 Å². The van der Waals surface area contributed by atoms with Crippen molar-refractivity contribution in [2.75, 3.05) is 11.9 Å². The van der Waals surface area contributed by atoms with Crippen molar-refractivity contribution in [3.05, 3.63) is 60.7 Å². The minimum absolute atomic E-state index is 0.177. The number of fused-ring (bicyclic) bond motifs is 4. The van der Waals surface area contributed by atoms with Gasteiger partial charge in [0.25, 0.3) is 5.91 Å². The van der Waals surface area contributed by atoms with E-state index in [0.29, 0.717) is 16.6 Å². The molecule has 0 unspecified atom stereocenters. The largest absolute Gasteiger partial charge is 0.485 e. The van der Waals surface area contributed by atoms with Gasteiger partial charge < -0.3 is 9.47 Å². The molecular formula is C20H14N2O3S. The molecule has 0 aliphatic carbocycles. The second-order valence-corrected chi connectivity index (χ2v) is 7.04. The predicted octanol–water partition coefficient (Wildman–Crippen LogP) is 4.23. The Balaban J connectivity index is 1.41. The smallest absolute Gasteiger partial charge is 0.270 e. The molecule has 0 saturated carbocycles. The summed E-state index contributed by atoms with van der Waals surface area (Å²) in [6, 6.07) is 19.5. The Bertz CT molecular complexity index is 1140. The highest BCUT2D eigenvalue weighted by Gasteiger charge is 2.28. The Morgan fingerprint density at radius 1 is 1.04 bits per heavy atom. The first kappa shape index (κ1) is 15.2. The van der Waals surface area contributed by atoms with Crippen LogP contribution in [0.4, 0.5) is 5.13 Å². The molecule has 1 aliphatic rings. The molecule has 0 fully saturated rings. The van der Waals surface area contributed by atoms with Crippen molar-refractivity contribution in [1.82, 2.24) is 4.98 Å². The Morgan fingerprint density at radius 3 is 2.77 bits per heavy atom. The van der Waals surface area contributed by atoms with E-state index in [9.17, 15) is 4.79 Å². The fourth-order valence-corrected chi connectivity index (χ4v) is 3.93. The number of thiazole rings is 1. The van der Waals surface area contributed by atoms with Crippen LogP contribution in [-0.4, -0.2) is 23.6 Å². The zero-order chi connectivity index (χ0) is 17.5. The number of carbonyl (C=O) groups is 1. The average molecular weight is 362 g/mol. The maximum absolute atomic E-state index is 12.6. The highest BCUT2D eigenvalue weighted by molar-refractivity contribution is 7.22. The highest BCUT2D eigenvalue weighted by Crippen LogP contribution is 2.33. The molecule has 1 N–H and O–H groups in total. The molecule has 26 heavy (non-hydrogen) atoms. The molecule has 5 rings (SSSR count). The van der Waals surface area contributed by atoms with Gasteiger partial charge in [-0.05, 0) is 23.6 Å². The van der Waals surface area contributed by atoms with Gasteiger partial charge in [0.15, 0.2) is 16.6 Å². The molecule has 1 amide bonds. The van der Waals surface area contributed by atoms with Gasteiger partial charge in [0.05, 0.1) is 10.2 Å². The number of amides is 1. The van der Waals surface area contributed by atoms with Gasteiger partial charge in [-0.3, -0.25) is 10.1 Å². The van der Waals surface area contributed by atoms with Crippen LogP contribution in [0.1, 0.15) is 0 Å². The second kappa shape index (κ2) is 6.00. The SMILES string of the molecule is O=C(Nc1nc2c(ccc3ccccc32)s1)[C@@H]1COc2ccccc2O1. The minimum atomic E-state index is -0.700. The molecule has 2 heterocycles. The number of benzene rings is 3. The van der Waals surface area contributed by atoms with Gasteiger partial charge in [-0.25, -0.2) is 4.98 Å². The third-order valence-corrected chi connectivity index (χ3v) is 5.25. The number of nitrogens with zero attached hydrogens (tertiary/aromatic N) is 1. The first-order valence-corrected chi connectivity index (χ1v) is 9.07. The van der Waals surface area contributed by atoms with E-state index < -0.39 is 6.10 Å². The summed E-state index contributed by atoms with van der Waals surface area (Å²) in [5.41, 5.74) is 0.898. The van der Waals surface area contributed by atoms with Crippen LogP contribution in [0.25, 0.3) is 21.0 Å². The third kappa shape index (κ3) is 2.55. The number of nitrogens with one attached hydrogen (secondary N) is 1. The van der Waals surface area contributed by atoms with Gasteiger partial charge in [0.1, 0.15) is 6.61 Å². The molecule has 1 atom stereocenters. The number of carbonyl (C=O) groups excluding carboxylic acids is 1. The Morgan fingerprint density at radius 2 is 1.85 bits per heavy atom. The summed E-state index contributed by atoms with van der Waals surface area (Å²) in [7, 11) is 0. The first-order chi connectivity index (χ1) is 12.8. The number of para-hydroxylation sites is 2. The van der Waals surface area contributed by atoms with Crippen LogP contribution in [0, 0.1) is 0 Å². The summed E-state index contributed by atoms with van der Waals surface area (Å²) >= 11 is 1.45. The lowest BCUT2D eigenvalue weighted by atomic mass is 10.1. The lowest BCUT2D eigenvalue weighted by Gasteiger charge is -2.25. The van der Waals surface area contributed by atoms with E-state index in [-0.39, 0.29) is 12.5 Å². The van der Waals surface area contributed by atoms with Gasteiger partial charge >= 0.3 is 0 Å². The van der Waals surface area contributed by atoms with Gasteiger partial charge in [0, 0.05) is 5.39 Å². The van der Waals surface area contributed by atoms with Crippen LogP contribution in [0.2, 0.25) is 0 Å². The molecule has 128 valence electrons. The number of aromatic nitrogens is 1. The molecule has 3 aromatic carbocycles. The molecule has 0 spiro atoms. The number of hydrogen-bond acceptors (Lipinski definition) is 5. The van der Waals surface area contributed by atoms with E-state index >= 15 is 0 Å². The second-order valence-electron chi connectivity index (χ2n) is 6.01. The monoisotopic (exact) mass is 362 g/mol. The fraction of sp³-hybridized carbons (Fsp3) is 0.100. The molecular weight excluding hydrogens is 348 g/mol. The maximum atomic E-state index is 12.6. The summed E-state index contributed by atoms with van der Waals surface area (Å²) < 4.78 is 12.4. The molecule has 4 aromatic rings. The van der Waals surface area contributed by atoms with Gasteiger partial charge in [-0.15, -0.1) is 0 Å². The van der Waals surface area contributed by atoms with E-state index in [1.54, 1.807) is 6.07 Å². The van der Waals surface area contributed by atoms with Crippen molar-refractivity contribution in [2.45, 2.75) is 6.10 Å². The molecule has 0 saturated heterocycles. The number of ether oxygens (including phenoxy) is 2. The topological polar surface area (TPSA) is 60.5 Å². The summed E-state index contributed by atoms with van der Waals surface area (Å²) in [6.45, 7) is 0.177. The number of hydrogen-bond donors (Lipinski definition) is 1. The van der Waals surface area contributed by atoms with Gasteiger partial charge in [-0.2, -0.15) is 0 Å². The molecule has 1 aliphatic heterocycles. The van der Waals surface area contributed by atoms with Crippen LogP contribution in [-0.2, 0) is 4.79 Å². The first-order valence-electron chi connectivity index (χ1n) is 8.25. The van der Waals surface area contributed by atoms with Crippen molar-refractivity contribution in [3.8, 4) is 11.5 Å². The summed E-state index contributed by atoms with van der Waals surface area (Å²) in [4.78, 5) is 17.2. The van der Waals surface area contributed by atoms with E-state index in [4.69, 9.17) is 9.47 Å². The molecule has 0 radical (unpaired) electrons. The normalized spacial score (nSPS) is 15.9. The Kier molecular flexibility index (Phi) is 3.50. The van der Waals surface area contributed by atoms with E-state index in [1.165, 1.54) is 11.3 Å². The lowest BCUT2D eigenvalue weighted by molar-refractivity contribution is -0.125. The fourth-order valence-electron chi connectivity index (χ4n) is 3.05. The van der Waals surface area contributed by atoms with E-state index in [0.717, 1.165) is 21.0 Å². The maximum Gasteiger partial charge on any atom is 0.270 e. The summed E-state index contributed by atoms with van der Waals surface area (Å²) in [5, 5.41) is 5.62. The summed E-state index contributed by atoms with van der Waals surface area (Å²) in [6.07, 6.45) is -0.700. The van der Waals surface area contributed by atoms with Crippen molar-refractivity contribution >= 4 is 43.4 Å². The van der Waals surface area contributed by atoms with Crippen LogP contribution in [0.3, 0.4) is 0 Å². The third-order valence-electron chi connectivity index (χ3n) is 4.31. The van der Waals surface area contributed by atoms with Gasteiger partial charge in [-0.1, -0.05) is 53.8 Å². The highest BCUT2D eigenvalue weighted by atomic mass is 32.1. The standard InChI is InChI=1S/C20H14N2O3S/c23-19(16-11-24-14-7-3-4-8-15(14)25-16)22-20-21-18-13-6-2-1-5-12(13)9-10-17(18)26-20/h1-10,16H,11H2,(H,21,22,23)/t16-/m0/s1. The molecule has 6 heteroatoms. The van der Waals surface area contributed by atoms with Crippen molar-refractivity contribution in [3.63, 3.8) is 0 Å². The van der Waals surface area contributed by atoms with E-state index in [2.05, 4.69) is 22.4 Å². The van der Waals surface area contributed by atoms with Crippen molar-refractivity contribution in [2.24, 2.45) is 0 Å². The number of rotatable bonds is 2. The van der Waals surface area contributed by atoms with Crippen molar-refractivity contribution in [1.29, 1.82) is 0 Å². The Labute approximate surface area is 153 Å². The zero-order valence-electron chi connectivity index (χ0n) is 13.6. The predicted molar refractivity (Wildman–Crippen MR) is 102 cm³/mol. The average Bonchev–Trinajstić information content (AvgIpc) is 3.10. The minimum Gasteiger partial charge on any atom is -0.485 e. The van der Waals surface area contributed by atoms with Crippen LogP contribution >= 0.6 is 11.3 Å². The molecule has 5 nitrogen and oxygen atoms in total. The molecule has 1 aromatic heterocycles. The van der Waals surface area contributed by atoms with Crippen LogP contribution < -0.4 is 14.8 Å². The van der Waals surface area contributed by atoms with Crippen molar-refractivity contribution < 1.29 is 14.3 Å². The Hall–Kier alpha value is -3.12. The van der Waals surface area contributed by atoms with Gasteiger partial charge in [0.2, 0.25) is 6.10 Å². The van der Waals surface area contributed by atoms with Crippen LogP contribution in [0.5, 0.6) is 11.5 Å². The van der Waals surface area contributed by atoms with E-state index in [1.807, 2.05) is 42.5 Å². The lowest BCUT2D eigenvalue weighted by Crippen LogP contribution is -2.40.